The normalized spacial score (nSPS) is 12.8. The molecule has 0 aliphatic heterocycles. The molecule has 0 aromatic heterocycles. The van der Waals surface area contributed by atoms with E-state index in [0.29, 0.717) is 5.69 Å². The van der Waals surface area contributed by atoms with Gasteiger partial charge in [0, 0.05) is 5.56 Å². The molecule has 2 aromatic carbocycles. The van der Waals surface area contributed by atoms with E-state index in [1.165, 1.54) is 0 Å². The van der Waals surface area contributed by atoms with Crippen LogP contribution in [0.2, 0.25) is 0 Å². The fraction of sp³-hybridized carbons (Fsp3) is 0.400. The number of azo groups is 1. The van der Waals surface area contributed by atoms with Crippen molar-refractivity contribution in [1.82, 2.24) is 0 Å². The van der Waals surface area contributed by atoms with Crippen molar-refractivity contribution in [3.8, 4) is 5.75 Å². The van der Waals surface area contributed by atoms with Crippen LogP contribution in [0, 0.1) is 0 Å². The predicted octanol–water partition coefficient (Wildman–Crippen LogP) is 6.40. The molecule has 1 N–H and O–H groups in total. The highest BCUT2D eigenvalue weighted by molar-refractivity contribution is 5.60. The van der Waals surface area contributed by atoms with Gasteiger partial charge in [-0.2, -0.15) is 5.11 Å². The lowest BCUT2D eigenvalue weighted by Crippen LogP contribution is -2.16. The SMILES string of the molecule is CC(C)(C)c1cc(N=Nc2ccccc2)c(O)c(C(C)(C)C)c1. The molecule has 3 nitrogen and oxygen atoms in total. The molecule has 0 amide bonds. The van der Waals surface area contributed by atoms with Gasteiger partial charge in [-0.05, 0) is 34.6 Å². The first-order chi connectivity index (χ1) is 10.6. The average molecular weight is 310 g/mol. The molecule has 0 aliphatic carbocycles. The Morgan fingerprint density at radius 1 is 0.783 bits per heavy atom. The van der Waals surface area contributed by atoms with Gasteiger partial charge in [-0.25, -0.2) is 0 Å². The molecule has 0 heterocycles. The molecule has 0 saturated carbocycles. The van der Waals surface area contributed by atoms with Crippen LogP contribution in [0.25, 0.3) is 0 Å². The Labute approximate surface area is 139 Å². The largest absolute Gasteiger partial charge is 0.505 e. The van der Waals surface area contributed by atoms with Crippen molar-refractivity contribution in [2.45, 2.75) is 52.4 Å². The Bertz CT molecular complexity index is 705. The number of nitrogens with zero attached hydrogens (tertiary/aromatic N) is 2. The van der Waals surface area contributed by atoms with Crippen LogP contribution in [-0.4, -0.2) is 5.11 Å². The third kappa shape index (κ3) is 4.19. The molecule has 0 aliphatic rings. The number of phenols is 1. The Kier molecular flexibility index (Phi) is 4.60. The molecule has 23 heavy (non-hydrogen) atoms. The molecular weight excluding hydrogens is 284 g/mol. The monoisotopic (exact) mass is 310 g/mol. The molecule has 122 valence electrons. The summed E-state index contributed by atoms with van der Waals surface area (Å²) >= 11 is 0. The maximum absolute atomic E-state index is 10.6. The third-order valence-corrected chi connectivity index (χ3v) is 3.79. The summed E-state index contributed by atoms with van der Waals surface area (Å²) in [5.41, 5.74) is 3.14. The van der Waals surface area contributed by atoms with E-state index >= 15 is 0 Å². The van der Waals surface area contributed by atoms with E-state index in [0.717, 1.165) is 16.8 Å². The van der Waals surface area contributed by atoms with E-state index in [1.54, 1.807) is 0 Å². The molecule has 0 bridgehead atoms. The summed E-state index contributed by atoms with van der Waals surface area (Å²) in [5, 5.41) is 19.2. The lowest BCUT2D eigenvalue weighted by atomic mass is 9.80. The first-order valence-electron chi connectivity index (χ1n) is 7.94. The van der Waals surface area contributed by atoms with Crippen molar-refractivity contribution in [3.05, 3.63) is 53.6 Å². The summed E-state index contributed by atoms with van der Waals surface area (Å²) in [7, 11) is 0. The summed E-state index contributed by atoms with van der Waals surface area (Å²) in [6.45, 7) is 12.7. The zero-order chi connectivity index (χ0) is 17.3. The highest BCUT2D eigenvalue weighted by atomic mass is 16.3. The number of hydrogen-bond acceptors (Lipinski definition) is 3. The van der Waals surface area contributed by atoms with Crippen molar-refractivity contribution >= 4 is 11.4 Å². The Morgan fingerprint density at radius 2 is 1.39 bits per heavy atom. The zero-order valence-electron chi connectivity index (χ0n) is 14.9. The van der Waals surface area contributed by atoms with Crippen LogP contribution < -0.4 is 0 Å². The van der Waals surface area contributed by atoms with Crippen LogP contribution in [0.15, 0.2) is 52.7 Å². The molecule has 0 saturated heterocycles. The molecule has 0 spiro atoms. The van der Waals surface area contributed by atoms with E-state index in [2.05, 4.69) is 57.8 Å². The lowest BCUT2D eigenvalue weighted by Gasteiger charge is -2.26. The van der Waals surface area contributed by atoms with E-state index in [4.69, 9.17) is 0 Å². The fourth-order valence-corrected chi connectivity index (χ4v) is 2.31. The van der Waals surface area contributed by atoms with Crippen LogP contribution in [-0.2, 0) is 10.8 Å². The second kappa shape index (κ2) is 6.15. The van der Waals surface area contributed by atoms with Crippen molar-refractivity contribution in [1.29, 1.82) is 0 Å². The van der Waals surface area contributed by atoms with Crippen LogP contribution in [0.5, 0.6) is 5.75 Å². The van der Waals surface area contributed by atoms with Gasteiger partial charge in [0.1, 0.15) is 11.4 Å². The smallest absolute Gasteiger partial charge is 0.146 e. The lowest BCUT2D eigenvalue weighted by molar-refractivity contribution is 0.446. The average Bonchev–Trinajstić information content (AvgIpc) is 2.44. The molecule has 3 heteroatoms. The quantitative estimate of drug-likeness (QED) is 0.640. The number of phenolic OH excluding ortho intramolecular Hbond substituents is 1. The molecular formula is C20H26N2O. The first-order valence-corrected chi connectivity index (χ1v) is 7.94. The minimum absolute atomic E-state index is 0.0231. The molecule has 0 radical (unpaired) electrons. The standard InChI is InChI=1S/C20H26N2O/c1-19(2,3)14-12-16(20(4,5)6)18(23)17(13-14)22-21-15-10-8-7-9-11-15/h7-13,23H,1-6H3. The molecule has 2 aromatic rings. The van der Waals surface area contributed by atoms with E-state index < -0.39 is 0 Å². The van der Waals surface area contributed by atoms with Crippen molar-refractivity contribution in [3.63, 3.8) is 0 Å². The van der Waals surface area contributed by atoms with Crippen LogP contribution in [0.1, 0.15) is 52.7 Å². The van der Waals surface area contributed by atoms with Gasteiger partial charge in [-0.15, -0.1) is 5.11 Å². The Hall–Kier alpha value is -2.16. The maximum Gasteiger partial charge on any atom is 0.146 e. The molecule has 2 rings (SSSR count). The topological polar surface area (TPSA) is 45.0 Å². The molecule has 0 atom stereocenters. The van der Waals surface area contributed by atoms with Crippen LogP contribution in [0.3, 0.4) is 0 Å². The Morgan fingerprint density at radius 3 is 1.91 bits per heavy atom. The van der Waals surface area contributed by atoms with E-state index in [9.17, 15) is 5.11 Å². The van der Waals surface area contributed by atoms with E-state index in [1.807, 2.05) is 36.4 Å². The maximum atomic E-state index is 10.6. The summed E-state index contributed by atoms with van der Waals surface area (Å²) in [6.07, 6.45) is 0. The number of hydrogen-bond donors (Lipinski definition) is 1. The fourth-order valence-electron chi connectivity index (χ4n) is 2.31. The van der Waals surface area contributed by atoms with Gasteiger partial charge < -0.3 is 5.11 Å². The second-order valence-corrected chi connectivity index (χ2v) is 7.93. The van der Waals surface area contributed by atoms with Crippen molar-refractivity contribution in [2.24, 2.45) is 10.2 Å². The van der Waals surface area contributed by atoms with Gasteiger partial charge in [0.15, 0.2) is 0 Å². The minimum atomic E-state index is -0.164. The van der Waals surface area contributed by atoms with Crippen LogP contribution >= 0.6 is 0 Å². The number of benzene rings is 2. The molecule has 0 fully saturated rings. The zero-order valence-corrected chi connectivity index (χ0v) is 14.9. The Balaban J connectivity index is 2.56. The first kappa shape index (κ1) is 17.2. The van der Waals surface area contributed by atoms with Gasteiger partial charge in [-0.3, -0.25) is 0 Å². The summed E-state index contributed by atoms with van der Waals surface area (Å²) in [5.74, 6) is 0.213. The summed E-state index contributed by atoms with van der Waals surface area (Å²) in [4.78, 5) is 0. The van der Waals surface area contributed by atoms with Gasteiger partial charge in [0.25, 0.3) is 0 Å². The van der Waals surface area contributed by atoms with Crippen molar-refractivity contribution < 1.29 is 5.11 Å². The highest BCUT2D eigenvalue weighted by Crippen LogP contribution is 2.42. The predicted molar refractivity (Wildman–Crippen MR) is 96.1 cm³/mol. The summed E-state index contributed by atoms with van der Waals surface area (Å²) < 4.78 is 0. The van der Waals surface area contributed by atoms with Crippen LogP contribution in [0.4, 0.5) is 11.4 Å². The number of aromatic hydroxyl groups is 1. The van der Waals surface area contributed by atoms with Gasteiger partial charge in [0.2, 0.25) is 0 Å². The molecule has 0 unspecified atom stereocenters. The summed E-state index contributed by atoms with van der Waals surface area (Å²) in [6, 6.07) is 13.6. The van der Waals surface area contributed by atoms with E-state index in [-0.39, 0.29) is 16.6 Å². The third-order valence-electron chi connectivity index (χ3n) is 3.79. The van der Waals surface area contributed by atoms with Crippen molar-refractivity contribution in [2.75, 3.05) is 0 Å². The van der Waals surface area contributed by atoms with Gasteiger partial charge in [0.05, 0.1) is 5.69 Å². The van der Waals surface area contributed by atoms with Gasteiger partial charge in [-0.1, -0.05) is 65.8 Å². The second-order valence-electron chi connectivity index (χ2n) is 7.93. The van der Waals surface area contributed by atoms with Gasteiger partial charge >= 0.3 is 0 Å². The highest BCUT2D eigenvalue weighted by Gasteiger charge is 2.25. The number of rotatable bonds is 2. The minimum Gasteiger partial charge on any atom is -0.505 e.